The standard InChI is InChI=1S/C11H17N3O/c1-3-6-14(2)11-13-10(8-15-11)7-12-9-4-5-9/h3,8-9,12H,1,4-7H2,2H3. The van der Waals surface area contributed by atoms with Crippen molar-refractivity contribution in [2.75, 3.05) is 18.5 Å². The summed E-state index contributed by atoms with van der Waals surface area (Å²) in [7, 11) is 1.94. The summed E-state index contributed by atoms with van der Waals surface area (Å²) in [6.07, 6.45) is 6.12. The molecule has 0 aromatic carbocycles. The molecule has 82 valence electrons. The van der Waals surface area contributed by atoms with Crippen LogP contribution in [0.3, 0.4) is 0 Å². The molecule has 0 atom stereocenters. The fraction of sp³-hybridized carbons (Fsp3) is 0.545. The maximum absolute atomic E-state index is 5.36. The number of hydrogen-bond acceptors (Lipinski definition) is 4. The first-order valence-corrected chi connectivity index (χ1v) is 5.29. The summed E-state index contributed by atoms with van der Waals surface area (Å²) in [5.41, 5.74) is 0.966. The van der Waals surface area contributed by atoms with Crippen LogP contribution in [0.4, 0.5) is 6.01 Å². The second-order valence-corrected chi connectivity index (χ2v) is 3.95. The Bertz CT molecular complexity index is 330. The van der Waals surface area contributed by atoms with Crippen LogP contribution in [-0.2, 0) is 6.54 Å². The van der Waals surface area contributed by atoms with Crippen LogP contribution in [0.1, 0.15) is 18.5 Å². The molecule has 4 nitrogen and oxygen atoms in total. The van der Waals surface area contributed by atoms with Crippen LogP contribution in [0.25, 0.3) is 0 Å². The van der Waals surface area contributed by atoms with Crippen molar-refractivity contribution in [3.63, 3.8) is 0 Å². The summed E-state index contributed by atoms with van der Waals surface area (Å²) in [4.78, 5) is 6.30. The van der Waals surface area contributed by atoms with E-state index >= 15 is 0 Å². The third-order valence-electron chi connectivity index (χ3n) is 2.42. The van der Waals surface area contributed by atoms with E-state index in [1.807, 2.05) is 18.0 Å². The maximum atomic E-state index is 5.36. The number of nitrogens with zero attached hydrogens (tertiary/aromatic N) is 2. The van der Waals surface area contributed by atoms with Crippen LogP contribution >= 0.6 is 0 Å². The van der Waals surface area contributed by atoms with Gasteiger partial charge in [0.05, 0.1) is 5.69 Å². The first-order valence-electron chi connectivity index (χ1n) is 5.29. The maximum Gasteiger partial charge on any atom is 0.297 e. The van der Waals surface area contributed by atoms with Gasteiger partial charge in [0.25, 0.3) is 6.01 Å². The van der Waals surface area contributed by atoms with Gasteiger partial charge in [0.15, 0.2) is 0 Å². The number of oxazole rings is 1. The predicted molar refractivity (Wildman–Crippen MR) is 59.8 cm³/mol. The lowest BCUT2D eigenvalue weighted by Gasteiger charge is -2.10. The van der Waals surface area contributed by atoms with Gasteiger partial charge in [0, 0.05) is 26.2 Å². The summed E-state index contributed by atoms with van der Waals surface area (Å²) < 4.78 is 5.36. The van der Waals surface area contributed by atoms with E-state index in [-0.39, 0.29) is 0 Å². The lowest BCUT2D eigenvalue weighted by Crippen LogP contribution is -2.18. The monoisotopic (exact) mass is 207 g/mol. The molecule has 0 spiro atoms. The zero-order chi connectivity index (χ0) is 10.7. The third kappa shape index (κ3) is 2.83. The first-order chi connectivity index (χ1) is 7.29. The van der Waals surface area contributed by atoms with E-state index < -0.39 is 0 Å². The van der Waals surface area contributed by atoms with Crippen molar-refractivity contribution in [1.82, 2.24) is 10.3 Å². The Morgan fingerprint density at radius 3 is 3.20 bits per heavy atom. The molecule has 1 heterocycles. The van der Waals surface area contributed by atoms with E-state index in [0.717, 1.165) is 18.8 Å². The van der Waals surface area contributed by atoms with Gasteiger partial charge in [-0.3, -0.25) is 0 Å². The lowest BCUT2D eigenvalue weighted by atomic mass is 10.4. The molecule has 2 rings (SSSR count). The van der Waals surface area contributed by atoms with Crippen LogP contribution in [0.2, 0.25) is 0 Å². The van der Waals surface area contributed by atoms with Gasteiger partial charge in [-0.05, 0) is 12.8 Å². The molecule has 1 N–H and O–H groups in total. The average Bonchev–Trinajstić information content (AvgIpc) is 2.93. The minimum Gasteiger partial charge on any atom is -0.432 e. The summed E-state index contributed by atoms with van der Waals surface area (Å²) >= 11 is 0. The lowest BCUT2D eigenvalue weighted by molar-refractivity contribution is 0.549. The second-order valence-electron chi connectivity index (χ2n) is 3.95. The van der Waals surface area contributed by atoms with Crippen molar-refractivity contribution < 1.29 is 4.42 Å². The highest BCUT2D eigenvalue weighted by molar-refractivity contribution is 5.26. The van der Waals surface area contributed by atoms with Crippen LogP contribution in [0.15, 0.2) is 23.3 Å². The Morgan fingerprint density at radius 1 is 1.73 bits per heavy atom. The molecule has 0 unspecified atom stereocenters. The molecule has 1 aromatic heterocycles. The second kappa shape index (κ2) is 4.49. The third-order valence-corrected chi connectivity index (χ3v) is 2.42. The topological polar surface area (TPSA) is 41.3 Å². The largest absolute Gasteiger partial charge is 0.432 e. The van der Waals surface area contributed by atoms with Crippen molar-refractivity contribution in [1.29, 1.82) is 0 Å². The number of aromatic nitrogens is 1. The summed E-state index contributed by atoms with van der Waals surface area (Å²) in [6.45, 7) is 5.23. The normalized spacial score (nSPS) is 15.3. The number of likely N-dealkylation sites (N-methyl/N-ethyl adjacent to an activating group) is 1. The van der Waals surface area contributed by atoms with E-state index in [9.17, 15) is 0 Å². The molecule has 1 fully saturated rings. The highest BCUT2D eigenvalue weighted by Gasteiger charge is 2.20. The van der Waals surface area contributed by atoms with Crippen molar-refractivity contribution in [3.05, 3.63) is 24.6 Å². The van der Waals surface area contributed by atoms with E-state index in [1.165, 1.54) is 12.8 Å². The molecule has 1 aliphatic rings. The fourth-order valence-corrected chi connectivity index (χ4v) is 1.36. The summed E-state index contributed by atoms with van der Waals surface area (Å²) in [6, 6.07) is 1.36. The summed E-state index contributed by atoms with van der Waals surface area (Å²) in [5, 5.41) is 3.40. The SMILES string of the molecule is C=CCN(C)c1nc(CNC2CC2)co1. The molecular weight excluding hydrogens is 190 g/mol. The van der Waals surface area contributed by atoms with Crippen molar-refractivity contribution in [3.8, 4) is 0 Å². The molecule has 0 amide bonds. The fourth-order valence-electron chi connectivity index (χ4n) is 1.36. The van der Waals surface area contributed by atoms with Crippen molar-refractivity contribution in [2.24, 2.45) is 0 Å². The molecule has 0 bridgehead atoms. The van der Waals surface area contributed by atoms with E-state index in [2.05, 4.69) is 16.9 Å². The molecule has 4 heteroatoms. The molecule has 1 saturated carbocycles. The minimum absolute atomic E-state index is 0.655. The van der Waals surface area contributed by atoms with Gasteiger partial charge in [-0.15, -0.1) is 6.58 Å². The van der Waals surface area contributed by atoms with Gasteiger partial charge in [0.2, 0.25) is 0 Å². The van der Waals surface area contributed by atoms with Crippen LogP contribution in [0.5, 0.6) is 0 Å². The number of rotatable bonds is 6. The Morgan fingerprint density at radius 2 is 2.53 bits per heavy atom. The predicted octanol–water partition coefficient (Wildman–Crippen LogP) is 1.55. The molecule has 1 aromatic rings. The Kier molecular flexibility index (Phi) is 3.06. The smallest absolute Gasteiger partial charge is 0.297 e. The number of anilines is 1. The zero-order valence-electron chi connectivity index (χ0n) is 9.07. The van der Waals surface area contributed by atoms with Gasteiger partial charge in [-0.25, -0.2) is 0 Å². The average molecular weight is 207 g/mol. The van der Waals surface area contributed by atoms with E-state index in [4.69, 9.17) is 4.42 Å². The van der Waals surface area contributed by atoms with Gasteiger partial charge in [-0.2, -0.15) is 4.98 Å². The highest BCUT2D eigenvalue weighted by atomic mass is 16.4. The van der Waals surface area contributed by atoms with Crippen molar-refractivity contribution >= 4 is 6.01 Å². The molecule has 0 aliphatic heterocycles. The first kappa shape index (κ1) is 10.2. The number of hydrogen-bond donors (Lipinski definition) is 1. The number of nitrogens with one attached hydrogen (secondary N) is 1. The van der Waals surface area contributed by atoms with Gasteiger partial charge < -0.3 is 14.6 Å². The summed E-state index contributed by atoms with van der Waals surface area (Å²) in [5.74, 6) is 0. The van der Waals surface area contributed by atoms with E-state index in [1.54, 1.807) is 6.26 Å². The van der Waals surface area contributed by atoms with Crippen LogP contribution in [-0.4, -0.2) is 24.6 Å². The molecule has 1 aliphatic carbocycles. The zero-order valence-corrected chi connectivity index (χ0v) is 9.07. The van der Waals surface area contributed by atoms with Crippen molar-refractivity contribution in [2.45, 2.75) is 25.4 Å². The quantitative estimate of drug-likeness (QED) is 0.719. The molecule has 0 saturated heterocycles. The Hall–Kier alpha value is -1.29. The molecule has 15 heavy (non-hydrogen) atoms. The van der Waals surface area contributed by atoms with Crippen LogP contribution < -0.4 is 10.2 Å². The highest BCUT2D eigenvalue weighted by Crippen LogP contribution is 2.19. The van der Waals surface area contributed by atoms with E-state index in [0.29, 0.717) is 12.1 Å². The Balaban J connectivity index is 1.87. The Labute approximate surface area is 90.0 Å². The van der Waals surface area contributed by atoms with Gasteiger partial charge in [-0.1, -0.05) is 6.08 Å². The minimum atomic E-state index is 0.655. The molecular formula is C11H17N3O. The van der Waals surface area contributed by atoms with Gasteiger partial charge >= 0.3 is 0 Å². The molecule has 0 radical (unpaired) electrons. The van der Waals surface area contributed by atoms with Crippen LogP contribution in [0, 0.1) is 0 Å². The van der Waals surface area contributed by atoms with Gasteiger partial charge in [0.1, 0.15) is 6.26 Å².